The molecular formula is C11H10ClN3O. The van der Waals surface area contributed by atoms with Crippen molar-refractivity contribution >= 4 is 23.0 Å². The SMILES string of the molecule is Cc1noc(C)c1N=Nc1ccc(Cl)cc1. The third-order valence-corrected chi connectivity index (χ3v) is 2.34. The number of rotatable bonds is 2. The average molecular weight is 236 g/mol. The summed E-state index contributed by atoms with van der Waals surface area (Å²) in [6.07, 6.45) is 0. The zero-order chi connectivity index (χ0) is 11.5. The number of hydrogen-bond acceptors (Lipinski definition) is 4. The first kappa shape index (κ1) is 10.8. The standard InChI is InChI=1S/C11H10ClN3O/c1-7-11(8(2)16-15-7)14-13-10-5-3-9(12)4-6-10/h3-6H,1-2H3. The smallest absolute Gasteiger partial charge is 0.161 e. The van der Waals surface area contributed by atoms with Crippen molar-refractivity contribution in [3.63, 3.8) is 0 Å². The quantitative estimate of drug-likeness (QED) is 0.726. The average Bonchev–Trinajstić information content (AvgIpc) is 2.59. The number of halogens is 1. The topological polar surface area (TPSA) is 50.8 Å². The normalized spacial score (nSPS) is 11.2. The van der Waals surface area contributed by atoms with E-state index in [0.717, 1.165) is 11.4 Å². The molecule has 0 saturated carbocycles. The van der Waals surface area contributed by atoms with E-state index in [1.165, 1.54) is 0 Å². The summed E-state index contributed by atoms with van der Waals surface area (Å²) < 4.78 is 4.98. The van der Waals surface area contributed by atoms with Gasteiger partial charge in [0.15, 0.2) is 11.4 Å². The van der Waals surface area contributed by atoms with Crippen molar-refractivity contribution in [3.8, 4) is 0 Å². The summed E-state index contributed by atoms with van der Waals surface area (Å²) in [5.74, 6) is 0.662. The molecule has 0 fully saturated rings. The molecule has 0 saturated heterocycles. The molecule has 1 aromatic carbocycles. The van der Waals surface area contributed by atoms with Gasteiger partial charge in [0.25, 0.3) is 0 Å². The van der Waals surface area contributed by atoms with Gasteiger partial charge >= 0.3 is 0 Å². The summed E-state index contributed by atoms with van der Waals surface area (Å²) in [7, 11) is 0. The van der Waals surface area contributed by atoms with Crippen molar-refractivity contribution in [2.24, 2.45) is 10.2 Å². The molecule has 0 spiro atoms. The first-order valence-electron chi connectivity index (χ1n) is 4.77. The highest BCUT2D eigenvalue weighted by Crippen LogP contribution is 2.25. The Kier molecular flexibility index (Phi) is 3.01. The van der Waals surface area contributed by atoms with Gasteiger partial charge in [-0.15, -0.1) is 5.11 Å². The van der Waals surface area contributed by atoms with Crippen LogP contribution in [0.4, 0.5) is 11.4 Å². The van der Waals surface area contributed by atoms with Crippen LogP contribution in [0.2, 0.25) is 5.02 Å². The van der Waals surface area contributed by atoms with Crippen molar-refractivity contribution in [3.05, 3.63) is 40.7 Å². The molecule has 0 radical (unpaired) electrons. The summed E-state index contributed by atoms with van der Waals surface area (Å²) in [6.45, 7) is 3.63. The minimum atomic E-state index is 0.662. The fraction of sp³-hybridized carbons (Fsp3) is 0.182. The lowest BCUT2D eigenvalue weighted by molar-refractivity contribution is 0.393. The summed E-state index contributed by atoms with van der Waals surface area (Å²) in [5.41, 5.74) is 2.15. The molecular weight excluding hydrogens is 226 g/mol. The molecule has 16 heavy (non-hydrogen) atoms. The highest BCUT2D eigenvalue weighted by Gasteiger charge is 2.07. The van der Waals surface area contributed by atoms with Gasteiger partial charge in [0.2, 0.25) is 0 Å². The van der Waals surface area contributed by atoms with Crippen molar-refractivity contribution in [2.75, 3.05) is 0 Å². The number of aromatic nitrogens is 1. The third-order valence-electron chi connectivity index (χ3n) is 2.09. The molecule has 2 rings (SSSR count). The maximum atomic E-state index is 5.76. The van der Waals surface area contributed by atoms with Gasteiger partial charge in [-0.25, -0.2) is 0 Å². The van der Waals surface area contributed by atoms with Gasteiger partial charge in [0.1, 0.15) is 5.69 Å². The molecule has 0 atom stereocenters. The van der Waals surface area contributed by atoms with E-state index >= 15 is 0 Å². The van der Waals surface area contributed by atoms with Crippen LogP contribution in [0, 0.1) is 13.8 Å². The molecule has 2 aromatic rings. The van der Waals surface area contributed by atoms with E-state index in [0.29, 0.717) is 16.5 Å². The van der Waals surface area contributed by atoms with Gasteiger partial charge in [-0.05, 0) is 38.1 Å². The molecule has 4 nitrogen and oxygen atoms in total. The van der Waals surface area contributed by atoms with E-state index in [9.17, 15) is 0 Å². The first-order chi connectivity index (χ1) is 7.66. The zero-order valence-electron chi connectivity index (χ0n) is 8.94. The number of nitrogens with zero attached hydrogens (tertiary/aromatic N) is 3. The third kappa shape index (κ3) is 2.28. The molecule has 0 aliphatic carbocycles. The van der Waals surface area contributed by atoms with Gasteiger partial charge in [-0.1, -0.05) is 16.8 Å². The first-order valence-corrected chi connectivity index (χ1v) is 5.15. The Hall–Kier alpha value is -1.68. The van der Waals surface area contributed by atoms with Gasteiger partial charge in [0.05, 0.1) is 5.69 Å². The van der Waals surface area contributed by atoms with Crippen LogP contribution in [-0.4, -0.2) is 5.16 Å². The van der Waals surface area contributed by atoms with Crippen LogP contribution in [-0.2, 0) is 0 Å². The molecule has 0 N–H and O–H groups in total. The van der Waals surface area contributed by atoms with Crippen LogP contribution in [0.25, 0.3) is 0 Å². The Labute approximate surface area is 97.9 Å². The maximum absolute atomic E-state index is 5.76. The van der Waals surface area contributed by atoms with Crippen molar-refractivity contribution in [1.29, 1.82) is 0 Å². The fourth-order valence-electron chi connectivity index (χ4n) is 1.24. The van der Waals surface area contributed by atoms with Crippen LogP contribution in [0.1, 0.15) is 11.5 Å². The van der Waals surface area contributed by atoms with Gasteiger partial charge in [-0.3, -0.25) is 0 Å². The molecule has 1 aromatic heterocycles. The molecule has 0 bridgehead atoms. The molecule has 0 aliphatic rings. The molecule has 82 valence electrons. The predicted molar refractivity (Wildman–Crippen MR) is 61.6 cm³/mol. The van der Waals surface area contributed by atoms with Crippen LogP contribution in [0.15, 0.2) is 39.0 Å². The van der Waals surface area contributed by atoms with Crippen molar-refractivity contribution in [1.82, 2.24) is 5.16 Å². The Morgan fingerprint density at radius 3 is 2.38 bits per heavy atom. The lowest BCUT2D eigenvalue weighted by atomic mass is 10.3. The van der Waals surface area contributed by atoms with Crippen LogP contribution >= 0.6 is 11.6 Å². The monoisotopic (exact) mass is 235 g/mol. The zero-order valence-corrected chi connectivity index (χ0v) is 9.69. The lowest BCUT2D eigenvalue weighted by Gasteiger charge is -1.92. The van der Waals surface area contributed by atoms with Gasteiger partial charge < -0.3 is 4.52 Å². The van der Waals surface area contributed by atoms with Crippen molar-refractivity contribution in [2.45, 2.75) is 13.8 Å². The minimum absolute atomic E-state index is 0.662. The van der Waals surface area contributed by atoms with Crippen LogP contribution in [0.3, 0.4) is 0 Å². The second kappa shape index (κ2) is 4.45. The number of benzene rings is 1. The Balaban J connectivity index is 2.24. The second-order valence-corrected chi connectivity index (χ2v) is 3.79. The maximum Gasteiger partial charge on any atom is 0.161 e. The van der Waals surface area contributed by atoms with Gasteiger partial charge in [-0.2, -0.15) is 5.11 Å². The van der Waals surface area contributed by atoms with Gasteiger partial charge in [0, 0.05) is 5.02 Å². The predicted octanol–water partition coefficient (Wildman–Crippen LogP) is 4.36. The van der Waals surface area contributed by atoms with E-state index in [-0.39, 0.29) is 0 Å². The number of aryl methyl sites for hydroxylation is 2. The number of azo groups is 1. The Bertz CT molecular complexity index is 497. The molecule has 0 unspecified atom stereocenters. The van der Waals surface area contributed by atoms with E-state index < -0.39 is 0 Å². The lowest BCUT2D eigenvalue weighted by Crippen LogP contribution is -1.69. The summed E-state index contributed by atoms with van der Waals surface area (Å²) in [4.78, 5) is 0. The van der Waals surface area contributed by atoms with Crippen molar-refractivity contribution < 1.29 is 4.52 Å². The molecule has 1 heterocycles. The molecule has 5 heteroatoms. The van der Waals surface area contributed by atoms with E-state index in [4.69, 9.17) is 16.1 Å². The summed E-state index contributed by atoms with van der Waals surface area (Å²) >= 11 is 5.76. The van der Waals surface area contributed by atoms with Crippen LogP contribution < -0.4 is 0 Å². The summed E-state index contributed by atoms with van der Waals surface area (Å²) in [6, 6.07) is 7.13. The van der Waals surface area contributed by atoms with E-state index in [1.807, 2.05) is 6.92 Å². The molecule has 0 amide bonds. The number of hydrogen-bond donors (Lipinski definition) is 0. The second-order valence-electron chi connectivity index (χ2n) is 3.35. The van der Waals surface area contributed by atoms with E-state index in [1.54, 1.807) is 31.2 Å². The van der Waals surface area contributed by atoms with E-state index in [2.05, 4.69) is 15.4 Å². The summed E-state index contributed by atoms with van der Waals surface area (Å²) in [5, 5.41) is 12.6. The Morgan fingerprint density at radius 1 is 1.12 bits per heavy atom. The highest BCUT2D eigenvalue weighted by atomic mass is 35.5. The molecule has 0 aliphatic heterocycles. The largest absolute Gasteiger partial charge is 0.359 e. The fourth-order valence-corrected chi connectivity index (χ4v) is 1.36. The minimum Gasteiger partial charge on any atom is -0.359 e. The van der Waals surface area contributed by atoms with Crippen LogP contribution in [0.5, 0.6) is 0 Å². The highest BCUT2D eigenvalue weighted by molar-refractivity contribution is 6.30. The Morgan fingerprint density at radius 2 is 1.81 bits per heavy atom.